The molecule has 1 aliphatic heterocycles. The van der Waals surface area contributed by atoms with Crippen LogP contribution >= 0.6 is 0 Å². The van der Waals surface area contributed by atoms with E-state index in [0.717, 1.165) is 25.3 Å². The van der Waals surface area contributed by atoms with Gasteiger partial charge in [0.05, 0.1) is 11.6 Å². The topological polar surface area (TPSA) is 47.3 Å². The molecule has 0 unspecified atom stereocenters. The molecule has 0 saturated carbocycles. The lowest BCUT2D eigenvalue weighted by atomic mass is 9.97. The lowest BCUT2D eigenvalue weighted by Crippen LogP contribution is -2.57. The van der Waals surface area contributed by atoms with Crippen LogP contribution in [0, 0.1) is 11.3 Å². The molecule has 1 fully saturated rings. The third kappa shape index (κ3) is 2.68. The zero-order valence-electron chi connectivity index (χ0n) is 12.6. The fraction of sp³-hybridized carbons (Fsp3) is 0.500. The number of nitrogens with zero attached hydrogens (tertiary/aromatic N) is 3. The number of piperazine rings is 1. The quantitative estimate of drug-likeness (QED) is 0.774. The molecule has 0 bridgehead atoms. The standard InChI is InChI=1S/C16H21N3O/c1-12(20)14-6-5-13(10-17)9-15(14)19-8-7-18(4)16(2,3)11-19/h5-6,9H,7-8,11H2,1-4H3. The van der Waals surface area contributed by atoms with E-state index in [2.05, 4.69) is 36.8 Å². The third-order valence-electron chi connectivity index (χ3n) is 4.16. The molecule has 0 N–H and O–H groups in total. The molecule has 2 rings (SSSR count). The Labute approximate surface area is 120 Å². The second-order valence-electron chi connectivity index (χ2n) is 6.06. The monoisotopic (exact) mass is 271 g/mol. The number of nitriles is 1. The molecule has 0 atom stereocenters. The Morgan fingerprint density at radius 1 is 1.35 bits per heavy atom. The van der Waals surface area contributed by atoms with E-state index in [9.17, 15) is 4.79 Å². The van der Waals surface area contributed by atoms with Crippen molar-refractivity contribution in [2.24, 2.45) is 0 Å². The summed E-state index contributed by atoms with van der Waals surface area (Å²) < 4.78 is 0. The predicted octanol–water partition coefficient (Wildman–Crippen LogP) is 2.29. The van der Waals surface area contributed by atoms with E-state index >= 15 is 0 Å². The number of hydrogen-bond donors (Lipinski definition) is 0. The van der Waals surface area contributed by atoms with Crippen LogP contribution in [-0.4, -0.2) is 42.9 Å². The fourth-order valence-corrected chi connectivity index (χ4v) is 2.61. The molecule has 0 aliphatic carbocycles. The number of hydrogen-bond acceptors (Lipinski definition) is 4. The number of carbonyl (C=O) groups is 1. The Morgan fingerprint density at radius 3 is 2.60 bits per heavy atom. The summed E-state index contributed by atoms with van der Waals surface area (Å²) in [5.41, 5.74) is 2.23. The van der Waals surface area contributed by atoms with E-state index in [4.69, 9.17) is 5.26 Å². The summed E-state index contributed by atoms with van der Waals surface area (Å²) in [6.07, 6.45) is 0. The normalized spacial score (nSPS) is 18.6. The molecule has 20 heavy (non-hydrogen) atoms. The number of rotatable bonds is 2. The van der Waals surface area contributed by atoms with Crippen LogP contribution in [0.4, 0.5) is 5.69 Å². The number of carbonyl (C=O) groups excluding carboxylic acids is 1. The van der Waals surface area contributed by atoms with Gasteiger partial charge in [-0.3, -0.25) is 9.69 Å². The van der Waals surface area contributed by atoms with E-state index in [1.54, 1.807) is 19.1 Å². The molecule has 1 aromatic carbocycles. The first-order chi connectivity index (χ1) is 9.35. The van der Waals surface area contributed by atoms with Gasteiger partial charge in [0.2, 0.25) is 0 Å². The number of anilines is 1. The van der Waals surface area contributed by atoms with Crippen molar-refractivity contribution in [3.63, 3.8) is 0 Å². The van der Waals surface area contributed by atoms with Crippen LogP contribution in [0.5, 0.6) is 0 Å². The Balaban J connectivity index is 2.41. The van der Waals surface area contributed by atoms with Crippen molar-refractivity contribution < 1.29 is 4.79 Å². The lowest BCUT2D eigenvalue weighted by Gasteiger charge is -2.46. The van der Waals surface area contributed by atoms with Gasteiger partial charge < -0.3 is 4.90 Å². The minimum atomic E-state index is 0.0428. The Morgan fingerprint density at radius 2 is 2.05 bits per heavy atom. The predicted molar refractivity (Wildman–Crippen MR) is 80.1 cm³/mol. The maximum absolute atomic E-state index is 11.8. The third-order valence-corrected chi connectivity index (χ3v) is 4.16. The lowest BCUT2D eigenvalue weighted by molar-refractivity contribution is 0.101. The van der Waals surface area contributed by atoms with Gasteiger partial charge in [-0.15, -0.1) is 0 Å². The first kappa shape index (κ1) is 14.5. The van der Waals surface area contributed by atoms with E-state index in [0.29, 0.717) is 11.1 Å². The minimum Gasteiger partial charge on any atom is -0.368 e. The highest BCUT2D eigenvalue weighted by atomic mass is 16.1. The maximum atomic E-state index is 11.8. The summed E-state index contributed by atoms with van der Waals surface area (Å²) in [5.74, 6) is 0.0428. The van der Waals surface area contributed by atoms with Crippen LogP contribution in [0.2, 0.25) is 0 Å². The SMILES string of the molecule is CC(=O)c1ccc(C#N)cc1N1CCN(C)C(C)(C)C1. The minimum absolute atomic E-state index is 0.0428. The fourth-order valence-electron chi connectivity index (χ4n) is 2.61. The highest BCUT2D eigenvalue weighted by Crippen LogP contribution is 2.28. The van der Waals surface area contributed by atoms with Crippen LogP contribution in [0.3, 0.4) is 0 Å². The summed E-state index contributed by atoms with van der Waals surface area (Å²) in [6.45, 7) is 8.63. The number of benzene rings is 1. The Kier molecular flexibility index (Phi) is 3.82. The van der Waals surface area contributed by atoms with Gasteiger partial charge in [0.25, 0.3) is 0 Å². The zero-order chi connectivity index (χ0) is 14.9. The number of Topliss-reactive ketones (excluding diaryl/α,β-unsaturated/α-hetero) is 1. The summed E-state index contributed by atoms with van der Waals surface area (Å²) in [5, 5.41) is 9.07. The summed E-state index contributed by atoms with van der Waals surface area (Å²) >= 11 is 0. The van der Waals surface area contributed by atoms with Crippen molar-refractivity contribution in [1.82, 2.24) is 4.90 Å². The van der Waals surface area contributed by atoms with Gasteiger partial charge in [0.1, 0.15) is 0 Å². The van der Waals surface area contributed by atoms with E-state index < -0.39 is 0 Å². The summed E-state index contributed by atoms with van der Waals surface area (Å²) in [6, 6.07) is 7.46. The first-order valence-corrected chi connectivity index (χ1v) is 6.86. The van der Waals surface area contributed by atoms with Crippen molar-refractivity contribution in [1.29, 1.82) is 5.26 Å². The molecule has 4 heteroatoms. The van der Waals surface area contributed by atoms with Gasteiger partial charge in [0, 0.05) is 36.4 Å². The van der Waals surface area contributed by atoms with Crippen molar-refractivity contribution in [2.75, 3.05) is 31.6 Å². The van der Waals surface area contributed by atoms with Gasteiger partial charge in [0.15, 0.2) is 5.78 Å². The molecule has 0 aromatic heterocycles. The smallest absolute Gasteiger partial charge is 0.161 e. The number of likely N-dealkylation sites (N-methyl/N-ethyl adjacent to an activating group) is 1. The van der Waals surface area contributed by atoms with Gasteiger partial charge >= 0.3 is 0 Å². The molecular weight excluding hydrogens is 250 g/mol. The average Bonchev–Trinajstić information content (AvgIpc) is 2.41. The Hall–Kier alpha value is -1.86. The van der Waals surface area contributed by atoms with Gasteiger partial charge in [-0.1, -0.05) is 0 Å². The van der Waals surface area contributed by atoms with Crippen molar-refractivity contribution in [3.8, 4) is 6.07 Å². The van der Waals surface area contributed by atoms with Crippen molar-refractivity contribution in [2.45, 2.75) is 26.3 Å². The van der Waals surface area contributed by atoms with E-state index in [1.807, 2.05) is 6.07 Å². The second kappa shape index (κ2) is 5.26. The number of ketones is 1. The molecule has 1 saturated heterocycles. The molecule has 0 radical (unpaired) electrons. The molecule has 106 valence electrons. The largest absolute Gasteiger partial charge is 0.368 e. The maximum Gasteiger partial charge on any atom is 0.161 e. The van der Waals surface area contributed by atoms with Crippen molar-refractivity contribution in [3.05, 3.63) is 29.3 Å². The molecule has 0 amide bonds. The molecule has 4 nitrogen and oxygen atoms in total. The molecule has 1 aliphatic rings. The first-order valence-electron chi connectivity index (χ1n) is 6.86. The van der Waals surface area contributed by atoms with Crippen molar-refractivity contribution >= 4 is 11.5 Å². The van der Waals surface area contributed by atoms with Gasteiger partial charge in [-0.05, 0) is 46.0 Å². The van der Waals surface area contributed by atoms with E-state index in [1.165, 1.54) is 0 Å². The van der Waals surface area contributed by atoms with Crippen LogP contribution in [-0.2, 0) is 0 Å². The zero-order valence-corrected chi connectivity index (χ0v) is 12.6. The van der Waals surface area contributed by atoms with Crippen LogP contribution < -0.4 is 4.90 Å². The van der Waals surface area contributed by atoms with Crippen LogP contribution in [0.25, 0.3) is 0 Å². The molecule has 1 heterocycles. The second-order valence-corrected chi connectivity index (χ2v) is 6.06. The highest BCUT2D eigenvalue weighted by Gasteiger charge is 2.32. The Bertz CT molecular complexity index is 572. The van der Waals surface area contributed by atoms with Gasteiger partial charge in [-0.25, -0.2) is 0 Å². The van der Waals surface area contributed by atoms with Gasteiger partial charge in [-0.2, -0.15) is 5.26 Å². The summed E-state index contributed by atoms with van der Waals surface area (Å²) in [7, 11) is 2.12. The highest BCUT2D eigenvalue weighted by molar-refractivity contribution is 6.00. The van der Waals surface area contributed by atoms with Crippen LogP contribution in [0.1, 0.15) is 36.7 Å². The average molecular weight is 271 g/mol. The van der Waals surface area contributed by atoms with Crippen LogP contribution in [0.15, 0.2) is 18.2 Å². The summed E-state index contributed by atoms with van der Waals surface area (Å²) in [4.78, 5) is 16.4. The van der Waals surface area contributed by atoms with E-state index in [-0.39, 0.29) is 11.3 Å². The molecule has 0 spiro atoms. The molecular formula is C16H21N3O. The molecule has 1 aromatic rings.